The fourth-order valence-corrected chi connectivity index (χ4v) is 1.90. The van der Waals surface area contributed by atoms with Gasteiger partial charge in [0.2, 0.25) is 0 Å². The largest absolute Gasteiger partial charge is 0.300 e. The Morgan fingerprint density at radius 2 is 1.78 bits per heavy atom. The van der Waals surface area contributed by atoms with E-state index in [0.717, 1.165) is 32.1 Å². The van der Waals surface area contributed by atoms with Gasteiger partial charge in [-0.3, -0.25) is 4.79 Å². The molecule has 0 saturated heterocycles. The Bertz CT molecular complexity index is 351. The first-order valence-electron chi connectivity index (χ1n) is 7.06. The maximum atomic E-state index is 11.5. The molecule has 0 unspecified atom stereocenters. The molecule has 0 fully saturated rings. The van der Waals surface area contributed by atoms with E-state index in [2.05, 4.69) is 31.2 Å². The van der Waals surface area contributed by atoms with Crippen molar-refractivity contribution in [2.24, 2.45) is 0 Å². The first-order chi connectivity index (χ1) is 8.83. The smallest absolute Gasteiger partial charge is 0.132 e. The van der Waals surface area contributed by atoms with E-state index in [4.69, 9.17) is 0 Å². The molecule has 0 bridgehead atoms. The molecule has 0 heterocycles. The maximum Gasteiger partial charge on any atom is 0.132 e. The molecule has 0 radical (unpaired) electrons. The minimum atomic E-state index is 0.427. The third kappa shape index (κ3) is 7.05. The fourth-order valence-electron chi connectivity index (χ4n) is 1.90. The standard InChI is InChI=1S/C17H24O/c1-2-3-6-14-17(18)15-10-5-9-13-16-11-7-4-8-12-16/h4,7-9,11-13H,2-3,5-6,10,14-15H2,1H3. The highest BCUT2D eigenvalue weighted by atomic mass is 16.1. The summed E-state index contributed by atoms with van der Waals surface area (Å²) >= 11 is 0. The highest BCUT2D eigenvalue weighted by molar-refractivity contribution is 5.78. The second-order valence-electron chi connectivity index (χ2n) is 4.70. The molecule has 1 rings (SSSR count). The summed E-state index contributed by atoms with van der Waals surface area (Å²) in [6.07, 6.45) is 11.2. The van der Waals surface area contributed by atoms with Crippen molar-refractivity contribution in [2.45, 2.75) is 51.9 Å². The summed E-state index contributed by atoms with van der Waals surface area (Å²) in [5.41, 5.74) is 1.23. The Labute approximate surface area is 111 Å². The average Bonchev–Trinajstić information content (AvgIpc) is 2.40. The Morgan fingerprint density at radius 1 is 1.06 bits per heavy atom. The van der Waals surface area contributed by atoms with E-state index in [9.17, 15) is 4.79 Å². The highest BCUT2D eigenvalue weighted by Crippen LogP contribution is 2.07. The van der Waals surface area contributed by atoms with Crippen molar-refractivity contribution in [3.05, 3.63) is 42.0 Å². The van der Waals surface area contributed by atoms with Crippen LogP contribution in [-0.2, 0) is 4.79 Å². The van der Waals surface area contributed by atoms with E-state index in [-0.39, 0.29) is 0 Å². The molecule has 0 spiro atoms. The lowest BCUT2D eigenvalue weighted by atomic mass is 10.1. The average molecular weight is 244 g/mol. The van der Waals surface area contributed by atoms with Crippen molar-refractivity contribution in [2.75, 3.05) is 0 Å². The van der Waals surface area contributed by atoms with Crippen LogP contribution < -0.4 is 0 Å². The predicted molar refractivity (Wildman–Crippen MR) is 78.5 cm³/mol. The zero-order valence-electron chi connectivity index (χ0n) is 11.4. The van der Waals surface area contributed by atoms with Crippen molar-refractivity contribution >= 4 is 11.9 Å². The van der Waals surface area contributed by atoms with Gasteiger partial charge >= 0.3 is 0 Å². The number of Topliss-reactive ketones (excluding diaryl/α,β-unsaturated/α-hetero) is 1. The second kappa shape index (κ2) is 9.64. The molecule has 1 aromatic carbocycles. The number of rotatable bonds is 9. The van der Waals surface area contributed by atoms with Crippen LogP contribution in [0.4, 0.5) is 0 Å². The lowest BCUT2D eigenvalue weighted by Gasteiger charge is -1.98. The van der Waals surface area contributed by atoms with Crippen LogP contribution in [-0.4, -0.2) is 5.78 Å². The molecule has 1 nitrogen and oxygen atoms in total. The minimum absolute atomic E-state index is 0.427. The molecule has 0 amide bonds. The quantitative estimate of drug-likeness (QED) is 0.557. The number of ketones is 1. The third-order valence-corrected chi connectivity index (χ3v) is 3.00. The number of carbonyl (C=O) groups is 1. The zero-order chi connectivity index (χ0) is 13.1. The number of carbonyl (C=O) groups excluding carboxylic acids is 1. The van der Waals surface area contributed by atoms with Crippen molar-refractivity contribution in [3.63, 3.8) is 0 Å². The van der Waals surface area contributed by atoms with E-state index in [1.165, 1.54) is 18.4 Å². The Kier molecular flexibility index (Phi) is 7.87. The zero-order valence-corrected chi connectivity index (χ0v) is 11.4. The number of unbranched alkanes of at least 4 members (excludes halogenated alkanes) is 3. The normalized spacial score (nSPS) is 10.9. The van der Waals surface area contributed by atoms with Crippen LogP contribution in [0.3, 0.4) is 0 Å². The predicted octanol–water partition coefficient (Wildman–Crippen LogP) is 5.02. The van der Waals surface area contributed by atoms with Gasteiger partial charge in [0.05, 0.1) is 0 Å². The topological polar surface area (TPSA) is 17.1 Å². The summed E-state index contributed by atoms with van der Waals surface area (Å²) in [7, 11) is 0. The van der Waals surface area contributed by atoms with Gasteiger partial charge in [0.15, 0.2) is 0 Å². The van der Waals surface area contributed by atoms with Crippen molar-refractivity contribution in [1.82, 2.24) is 0 Å². The molecule has 0 atom stereocenters. The number of benzene rings is 1. The van der Waals surface area contributed by atoms with Crippen LogP contribution in [0.25, 0.3) is 6.08 Å². The lowest BCUT2D eigenvalue weighted by molar-refractivity contribution is -0.119. The van der Waals surface area contributed by atoms with Gasteiger partial charge in [-0.15, -0.1) is 0 Å². The molecule has 0 aliphatic carbocycles. The van der Waals surface area contributed by atoms with Crippen molar-refractivity contribution < 1.29 is 4.79 Å². The Hall–Kier alpha value is -1.37. The van der Waals surface area contributed by atoms with Gasteiger partial charge in [-0.25, -0.2) is 0 Å². The number of hydrogen-bond donors (Lipinski definition) is 0. The maximum absolute atomic E-state index is 11.5. The van der Waals surface area contributed by atoms with Gasteiger partial charge in [0.25, 0.3) is 0 Å². The summed E-state index contributed by atoms with van der Waals surface area (Å²) in [5.74, 6) is 0.427. The summed E-state index contributed by atoms with van der Waals surface area (Å²) in [6.45, 7) is 2.17. The van der Waals surface area contributed by atoms with E-state index in [0.29, 0.717) is 5.78 Å². The van der Waals surface area contributed by atoms with Crippen molar-refractivity contribution in [3.8, 4) is 0 Å². The summed E-state index contributed by atoms with van der Waals surface area (Å²) in [5, 5.41) is 0. The first-order valence-corrected chi connectivity index (χ1v) is 7.06. The van der Waals surface area contributed by atoms with Crippen LogP contribution in [0, 0.1) is 0 Å². The number of allylic oxidation sites excluding steroid dienone is 1. The monoisotopic (exact) mass is 244 g/mol. The van der Waals surface area contributed by atoms with E-state index >= 15 is 0 Å². The Balaban J connectivity index is 2.08. The molecule has 0 saturated carbocycles. The summed E-state index contributed by atoms with van der Waals surface area (Å²) < 4.78 is 0. The molecule has 98 valence electrons. The third-order valence-electron chi connectivity index (χ3n) is 3.00. The lowest BCUT2D eigenvalue weighted by Crippen LogP contribution is -1.96. The van der Waals surface area contributed by atoms with Crippen LogP contribution in [0.5, 0.6) is 0 Å². The van der Waals surface area contributed by atoms with E-state index in [1.54, 1.807) is 0 Å². The van der Waals surface area contributed by atoms with Crippen molar-refractivity contribution in [1.29, 1.82) is 0 Å². The molecule has 1 aromatic rings. The first kappa shape index (κ1) is 14.7. The molecular formula is C17H24O. The number of hydrogen-bond acceptors (Lipinski definition) is 1. The van der Waals surface area contributed by atoms with Gasteiger partial charge in [-0.05, 0) is 24.8 Å². The molecule has 0 N–H and O–H groups in total. The second-order valence-corrected chi connectivity index (χ2v) is 4.70. The molecule has 0 aliphatic heterocycles. The Morgan fingerprint density at radius 3 is 2.50 bits per heavy atom. The van der Waals surface area contributed by atoms with E-state index < -0.39 is 0 Å². The fraction of sp³-hybridized carbons (Fsp3) is 0.471. The molecule has 18 heavy (non-hydrogen) atoms. The van der Waals surface area contributed by atoms with Gasteiger partial charge < -0.3 is 0 Å². The SMILES string of the molecule is CCCCCC(=O)CCCC=Cc1ccccc1. The van der Waals surface area contributed by atoms with Gasteiger partial charge in [0.1, 0.15) is 5.78 Å². The van der Waals surface area contributed by atoms with Gasteiger partial charge in [0, 0.05) is 12.8 Å². The summed E-state index contributed by atoms with van der Waals surface area (Å²) in [4.78, 5) is 11.5. The van der Waals surface area contributed by atoms with Crippen LogP contribution in [0.15, 0.2) is 36.4 Å². The van der Waals surface area contributed by atoms with Crippen LogP contribution >= 0.6 is 0 Å². The summed E-state index contributed by atoms with van der Waals surface area (Å²) in [6, 6.07) is 10.3. The highest BCUT2D eigenvalue weighted by Gasteiger charge is 1.99. The molecule has 0 aromatic heterocycles. The van der Waals surface area contributed by atoms with Gasteiger partial charge in [-0.2, -0.15) is 0 Å². The van der Waals surface area contributed by atoms with E-state index in [1.807, 2.05) is 18.2 Å². The minimum Gasteiger partial charge on any atom is -0.300 e. The molecule has 0 aliphatic rings. The van der Waals surface area contributed by atoms with Gasteiger partial charge in [-0.1, -0.05) is 62.2 Å². The van der Waals surface area contributed by atoms with Crippen LogP contribution in [0.1, 0.15) is 57.4 Å². The van der Waals surface area contributed by atoms with Crippen LogP contribution in [0.2, 0.25) is 0 Å². The molecule has 1 heteroatoms. The molecular weight excluding hydrogens is 220 g/mol.